The van der Waals surface area contributed by atoms with Gasteiger partial charge in [-0.25, -0.2) is 4.98 Å². The van der Waals surface area contributed by atoms with Crippen molar-refractivity contribution in [2.45, 2.75) is 33.1 Å². The number of hydrogen-bond donors (Lipinski definition) is 1. The largest absolute Gasteiger partial charge is 0.360 e. The van der Waals surface area contributed by atoms with Gasteiger partial charge in [0.25, 0.3) is 0 Å². The van der Waals surface area contributed by atoms with Crippen LogP contribution in [0.1, 0.15) is 32.4 Å². The summed E-state index contributed by atoms with van der Waals surface area (Å²) in [6.07, 6.45) is 0. The van der Waals surface area contributed by atoms with Crippen molar-refractivity contribution in [3.05, 3.63) is 23.8 Å². The summed E-state index contributed by atoms with van der Waals surface area (Å²) in [7, 11) is 0. The van der Waals surface area contributed by atoms with Gasteiger partial charge in [-0.3, -0.25) is 0 Å². The second-order valence-electron chi connectivity index (χ2n) is 7.53. The Morgan fingerprint density at radius 1 is 1.24 bits per heavy atom. The molecule has 3 aromatic heterocycles. The van der Waals surface area contributed by atoms with Crippen LogP contribution in [-0.4, -0.2) is 48.8 Å². The van der Waals surface area contributed by atoms with Crippen LogP contribution >= 0.6 is 11.5 Å². The topological polar surface area (TPSA) is 84.1 Å². The first-order valence-corrected chi connectivity index (χ1v) is 9.19. The van der Waals surface area contributed by atoms with E-state index in [0.717, 1.165) is 47.9 Å². The van der Waals surface area contributed by atoms with Gasteiger partial charge in [0.15, 0.2) is 11.5 Å². The minimum absolute atomic E-state index is 0.0910. The van der Waals surface area contributed by atoms with E-state index in [1.54, 1.807) is 0 Å². The van der Waals surface area contributed by atoms with Crippen LogP contribution in [0.15, 0.2) is 12.1 Å². The smallest absolute Gasteiger partial charge is 0.202 e. The predicted molar refractivity (Wildman–Crippen MR) is 98.3 cm³/mol. The van der Waals surface area contributed by atoms with Gasteiger partial charge in [0.1, 0.15) is 11.6 Å². The minimum atomic E-state index is -0.0910. The third kappa shape index (κ3) is 3.15. The summed E-state index contributed by atoms with van der Waals surface area (Å²) in [5, 5.41) is 17.5. The molecule has 1 N–H and O–H groups in total. The lowest BCUT2D eigenvalue weighted by Gasteiger charge is -2.40. The normalized spacial score (nSPS) is 15.6. The molecule has 0 spiro atoms. The highest BCUT2D eigenvalue weighted by molar-refractivity contribution is 7.09. The Labute approximate surface area is 150 Å². The Kier molecular flexibility index (Phi) is 3.82. The molecule has 3 aromatic rings. The van der Waals surface area contributed by atoms with Gasteiger partial charge in [-0.05, 0) is 19.1 Å². The molecule has 9 heteroatoms. The van der Waals surface area contributed by atoms with E-state index in [2.05, 4.69) is 50.5 Å². The van der Waals surface area contributed by atoms with Gasteiger partial charge in [0.2, 0.25) is 5.13 Å². The first kappa shape index (κ1) is 16.2. The number of aromatic nitrogens is 6. The Morgan fingerprint density at radius 3 is 2.72 bits per heavy atom. The highest BCUT2D eigenvalue weighted by Gasteiger charge is 2.29. The summed E-state index contributed by atoms with van der Waals surface area (Å²) in [6, 6.07) is 4.01. The van der Waals surface area contributed by atoms with Crippen LogP contribution in [0.2, 0.25) is 0 Å². The van der Waals surface area contributed by atoms with Crippen molar-refractivity contribution in [2.75, 3.05) is 29.9 Å². The molecule has 1 aliphatic rings. The third-order valence-electron chi connectivity index (χ3n) is 4.27. The highest BCUT2D eigenvalue weighted by atomic mass is 32.1. The van der Waals surface area contributed by atoms with Crippen LogP contribution < -0.4 is 10.2 Å². The van der Waals surface area contributed by atoms with Gasteiger partial charge in [-0.15, -0.1) is 15.3 Å². The fourth-order valence-corrected chi connectivity index (χ4v) is 3.48. The fraction of sp³-hybridized carbons (Fsp3) is 0.562. The lowest BCUT2D eigenvalue weighted by Crippen LogP contribution is -2.50. The molecule has 1 fully saturated rings. The zero-order valence-electron chi connectivity index (χ0n) is 14.9. The average molecular weight is 358 g/mol. The number of nitrogens with zero attached hydrogens (tertiary/aromatic N) is 7. The molecule has 132 valence electrons. The van der Waals surface area contributed by atoms with Crippen molar-refractivity contribution < 1.29 is 0 Å². The third-order valence-corrected chi connectivity index (χ3v) is 5.03. The van der Waals surface area contributed by atoms with Crippen LogP contribution in [0.4, 0.5) is 10.9 Å². The van der Waals surface area contributed by atoms with E-state index >= 15 is 0 Å². The van der Waals surface area contributed by atoms with Crippen LogP contribution in [0.5, 0.6) is 0 Å². The molecule has 0 bridgehead atoms. The van der Waals surface area contributed by atoms with E-state index in [9.17, 15) is 0 Å². The molecule has 0 radical (unpaired) electrons. The lowest BCUT2D eigenvalue weighted by molar-refractivity contribution is 0.424. The molecule has 25 heavy (non-hydrogen) atoms. The Bertz CT molecular complexity index is 887. The van der Waals surface area contributed by atoms with Crippen molar-refractivity contribution >= 4 is 28.1 Å². The van der Waals surface area contributed by atoms with Crippen LogP contribution in [0.25, 0.3) is 5.65 Å². The van der Waals surface area contributed by atoms with Gasteiger partial charge in [0, 0.05) is 42.5 Å². The van der Waals surface area contributed by atoms with Crippen molar-refractivity contribution in [1.29, 1.82) is 0 Å². The van der Waals surface area contributed by atoms with E-state index in [-0.39, 0.29) is 5.41 Å². The van der Waals surface area contributed by atoms with Crippen molar-refractivity contribution in [1.82, 2.24) is 29.2 Å². The Hall–Kier alpha value is -2.29. The molecule has 0 amide bonds. The molecule has 0 saturated carbocycles. The van der Waals surface area contributed by atoms with E-state index < -0.39 is 0 Å². The average Bonchev–Trinajstić information content (AvgIpc) is 3.10. The monoisotopic (exact) mass is 358 g/mol. The van der Waals surface area contributed by atoms with Crippen LogP contribution in [0, 0.1) is 12.8 Å². The molecule has 1 saturated heterocycles. The number of hydrogen-bond acceptors (Lipinski definition) is 8. The SMILES string of the molecule is Cc1nsc(NCC2CN(c3ccc4nnc(C(C)(C)C)n4n3)C2)n1. The predicted octanol–water partition coefficient (Wildman–Crippen LogP) is 2.13. The second kappa shape index (κ2) is 5.91. The lowest BCUT2D eigenvalue weighted by atomic mass is 9.96. The first-order valence-electron chi connectivity index (χ1n) is 8.42. The fourth-order valence-electron chi connectivity index (χ4n) is 2.90. The number of fused-ring (bicyclic) bond motifs is 1. The summed E-state index contributed by atoms with van der Waals surface area (Å²) in [6.45, 7) is 11.2. The molecule has 0 atom stereocenters. The van der Waals surface area contributed by atoms with E-state index in [4.69, 9.17) is 5.10 Å². The van der Waals surface area contributed by atoms with Crippen LogP contribution in [0.3, 0.4) is 0 Å². The molecule has 4 rings (SSSR count). The summed E-state index contributed by atoms with van der Waals surface area (Å²) < 4.78 is 6.05. The molecule has 1 aliphatic heterocycles. The highest BCUT2D eigenvalue weighted by Crippen LogP contribution is 2.25. The molecule has 0 unspecified atom stereocenters. The second-order valence-corrected chi connectivity index (χ2v) is 8.29. The van der Waals surface area contributed by atoms with E-state index in [1.807, 2.05) is 23.6 Å². The maximum Gasteiger partial charge on any atom is 0.202 e. The Morgan fingerprint density at radius 2 is 2.04 bits per heavy atom. The van der Waals surface area contributed by atoms with Gasteiger partial charge >= 0.3 is 0 Å². The minimum Gasteiger partial charge on any atom is -0.360 e. The number of rotatable bonds is 4. The molecular weight excluding hydrogens is 336 g/mol. The molecule has 0 aromatic carbocycles. The maximum atomic E-state index is 4.76. The molecule has 0 aliphatic carbocycles. The zero-order valence-corrected chi connectivity index (χ0v) is 15.7. The number of nitrogens with one attached hydrogen (secondary N) is 1. The van der Waals surface area contributed by atoms with Crippen molar-refractivity contribution in [3.8, 4) is 0 Å². The number of anilines is 2. The summed E-state index contributed by atoms with van der Waals surface area (Å²) in [5.74, 6) is 3.27. The van der Waals surface area contributed by atoms with E-state index in [1.165, 1.54) is 11.5 Å². The first-order chi connectivity index (χ1) is 11.9. The van der Waals surface area contributed by atoms with Crippen molar-refractivity contribution in [2.24, 2.45) is 5.92 Å². The van der Waals surface area contributed by atoms with Gasteiger partial charge in [-0.2, -0.15) is 8.89 Å². The summed E-state index contributed by atoms with van der Waals surface area (Å²) in [4.78, 5) is 6.61. The summed E-state index contributed by atoms with van der Waals surface area (Å²) >= 11 is 1.41. The standard InChI is InChI=1S/C16H22N8S/c1-10-18-15(25-22-10)17-7-11-8-23(9-11)13-6-5-12-19-20-14(16(2,3)4)24(12)21-13/h5-6,11H,7-9H2,1-4H3,(H,17,18,22). The van der Waals surface area contributed by atoms with E-state index in [0.29, 0.717) is 5.92 Å². The molecular formula is C16H22N8S. The molecule has 8 nitrogen and oxygen atoms in total. The Balaban J connectivity index is 1.41. The number of aryl methyl sites for hydroxylation is 1. The van der Waals surface area contributed by atoms with Gasteiger partial charge in [-0.1, -0.05) is 20.8 Å². The maximum absolute atomic E-state index is 4.76. The van der Waals surface area contributed by atoms with Gasteiger partial charge in [0.05, 0.1) is 0 Å². The molecule has 4 heterocycles. The summed E-state index contributed by atoms with van der Waals surface area (Å²) in [5.41, 5.74) is 0.700. The quantitative estimate of drug-likeness (QED) is 0.765. The van der Waals surface area contributed by atoms with Crippen LogP contribution in [-0.2, 0) is 5.41 Å². The zero-order chi connectivity index (χ0) is 17.6. The van der Waals surface area contributed by atoms with Gasteiger partial charge < -0.3 is 10.2 Å². The van der Waals surface area contributed by atoms with Crippen molar-refractivity contribution in [3.63, 3.8) is 0 Å².